The van der Waals surface area contributed by atoms with Crippen molar-refractivity contribution in [1.29, 1.82) is 0 Å². The largest absolute Gasteiger partial charge is 0.372 e. The molecule has 1 aromatic rings. The van der Waals surface area contributed by atoms with E-state index in [1.54, 1.807) is 6.07 Å². The third-order valence-electron chi connectivity index (χ3n) is 2.53. The summed E-state index contributed by atoms with van der Waals surface area (Å²) in [5.41, 5.74) is 1.81. The van der Waals surface area contributed by atoms with Crippen LogP contribution in [0.15, 0.2) is 18.2 Å². The Bertz CT molecular complexity index is 308. The summed E-state index contributed by atoms with van der Waals surface area (Å²) in [4.78, 5) is 2.21. The maximum atomic E-state index is 13.4. The molecule has 0 fully saturated rings. The van der Waals surface area contributed by atoms with Crippen LogP contribution in [-0.4, -0.2) is 20.1 Å². The molecule has 0 amide bonds. The Balaban J connectivity index is 2.95. The Morgan fingerprint density at radius 2 is 1.93 bits per heavy atom. The van der Waals surface area contributed by atoms with Gasteiger partial charge in [-0.15, -0.1) is 0 Å². The molecule has 0 aliphatic rings. The zero-order valence-corrected chi connectivity index (χ0v) is 9.68. The van der Waals surface area contributed by atoms with Gasteiger partial charge in [-0.1, -0.05) is 0 Å². The summed E-state index contributed by atoms with van der Waals surface area (Å²) in [6.45, 7) is 6.67. The Labute approximate surface area is 91.1 Å². The van der Waals surface area contributed by atoms with Gasteiger partial charge in [0.1, 0.15) is 5.82 Å². The van der Waals surface area contributed by atoms with Crippen LogP contribution in [0.3, 0.4) is 0 Å². The van der Waals surface area contributed by atoms with Crippen LogP contribution in [-0.2, 0) is 6.54 Å². The molecule has 0 unspecified atom stereocenters. The highest BCUT2D eigenvalue weighted by atomic mass is 19.1. The number of benzene rings is 1. The van der Waals surface area contributed by atoms with Crippen LogP contribution in [0.5, 0.6) is 0 Å². The van der Waals surface area contributed by atoms with Crippen LogP contribution in [0, 0.1) is 5.82 Å². The molecule has 1 N–H and O–H groups in total. The predicted octanol–water partition coefficient (Wildman–Crippen LogP) is 2.39. The SMILES string of the molecule is CCN(CC)c1ccc(F)c(CNC)c1. The van der Waals surface area contributed by atoms with Crippen LogP contribution in [0.1, 0.15) is 19.4 Å². The second-order valence-electron chi connectivity index (χ2n) is 3.48. The second kappa shape index (κ2) is 5.71. The second-order valence-corrected chi connectivity index (χ2v) is 3.48. The molecule has 0 heterocycles. The van der Waals surface area contributed by atoms with Gasteiger partial charge in [0, 0.05) is 30.9 Å². The number of halogens is 1. The van der Waals surface area contributed by atoms with Crippen molar-refractivity contribution in [1.82, 2.24) is 5.32 Å². The summed E-state index contributed by atoms with van der Waals surface area (Å²) in [7, 11) is 1.82. The number of nitrogens with zero attached hydrogens (tertiary/aromatic N) is 1. The monoisotopic (exact) mass is 210 g/mol. The Morgan fingerprint density at radius 1 is 1.27 bits per heavy atom. The number of nitrogens with one attached hydrogen (secondary N) is 1. The maximum Gasteiger partial charge on any atom is 0.127 e. The average molecular weight is 210 g/mol. The van der Waals surface area contributed by atoms with Crippen molar-refractivity contribution in [3.8, 4) is 0 Å². The molecule has 0 aliphatic heterocycles. The highest BCUT2D eigenvalue weighted by Gasteiger charge is 2.06. The number of hydrogen-bond acceptors (Lipinski definition) is 2. The van der Waals surface area contributed by atoms with Gasteiger partial charge in [0.2, 0.25) is 0 Å². The number of rotatable bonds is 5. The summed E-state index contributed by atoms with van der Waals surface area (Å²) in [6, 6.07) is 5.29. The Kier molecular flexibility index (Phi) is 4.56. The average Bonchev–Trinajstić information content (AvgIpc) is 2.25. The first kappa shape index (κ1) is 12.0. The van der Waals surface area contributed by atoms with E-state index in [1.165, 1.54) is 0 Å². The molecule has 0 aliphatic carbocycles. The third-order valence-corrected chi connectivity index (χ3v) is 2.53. The lowest BCUT2D eigenvalue weighted by molar-refractivity contribution is 0.600. The van der Waals surface area contributed by atoms with E-state index in [-0.39, 0.29) is 5.82 Å². The van der Waals surface area contributed by atoms with Gasteiger partial charge < -0.3 is 10.2 Å². The highest BCUT2D eigenvalue weighted by Crippen LogP contribution is 2.18. The zero-order valence-electron chi connectivity index (χ0n) is 9.68. The van der Waals surface area contributed by atoms with Gasteiger partial charge in [-0.2, -0.15) is 0 Å². The minimum Gasteiger partial charge on any atom is -0.372 e. The number of hydrogen-bond donors (Lipinski definition) is 1. The lowest BCUT2D eigenvalue weighted by Gasteiger charge is -2.21. The number of anilines is 1. The summed E-state index contributed by atoms with van der Waals surface area (Å²) < 4.78 is 13.4. The van der Waals surface area contributed by atoms with Gasteiger partial charge in [-0.3, -0.25) is 0 Å². The fourth-order valence-electron chi connectivity index (χ4n) is 1.67. The first-order valence-corrected chi connectivity index (χ1v) is 5.40. The van der Waals surface area contributed by atoms with E-state index in [4.69, 9.17) is 0 Å². The van der Waals surface area contributed by atoms with Gasteiger partial charge >= 0.3 is 0 Å². The smallest absolute Gasteiger partial charge is 0.127 e. The van der Waals surface area contributed by atoms with Gasteiger partial charge in [-0.05, 0) is 39.1 Å². The lowest BCUT2D eigenvalue weighted by atomic mass is 10.1. The van der Waals surface area contributed by atoms with E-state index >= 15 is 0 Å². The van der Waals surface area contributed by atoms with Gasteiger partial charge in [-0.25, -0.2) is 4.39 Å². The van der Waals surface area contributed by atoms with Crippen molar-refractivity contribution >= 4 is 5.69 Å². The Morgan fingerprint density at radius 3 is 2.47 bits per heavy atom. The standard InChI is InChI=1S/C12H19FN2/c1-4-15(5-2)11-6-7-12(13)10(8-11)9-14-3/h6-8,14H,4-5,9H2,1-3H3. The fraction of sp³-hybridized carbons (Fsp3) is 0.500. The molecule has 2 nitrogen and oxygen atoms in total. The maximum absolute atomic E-state index is 13.4. The van der Waals surface area contributed by atoms with Crippen LogP contribution >= 0.6 is 0 Å². The van der Waals surface area contributed by atoms with Crippen LogP contribution in [0.2, 0.25) is 0 Å². The van der Waals surface area contributed by atoms with Crippen molar-refractivity contribution < 1.29 is 4.39 Å². The van der Waals surface area contributed by atoms with E-state index in [1.807, 2.05) is 19.2 Å². The molecule has 15 heavy (non-hydrogen) atoms. The normalized spacial score (nSPS) is 10.4. The summed E-state index contributed by atoms with van der Waals surface area (Å²) in [5.74, 6) is -0.139. The Hall–Kier alpha value is -1.09. The molecule has 3 heteroatoms. The molecule has 0 bridgehead atoms. The summed E-state index contributed by atoms with van der Waals surface area (Å²) in [5, 5.41) is 2.97. The van der Waals surface area contributed by atoms with E-state index in [9.17, 15) is 4.39 Å². The van der Waals surface area contributed by atoms with E-state index in [0.717, 1.165) is 24.3 Å². The molecular formula is C12H19FN2. The van der Waals surface area contributed by atoms with E-state index in [0.29, 0.717) is 6.54 Å². The fourth-order valence-corrected chi connectivity index (χ4v) is 1.67. The molecule has 0 radical (unpaired) electrons. The van der Waals surface area contributed by atoms with Gasteiger partial charge in [0.05, 0.1) is 0 Å². The molecule has 84 valence electrons. The first-order chi connectivity index (χ1) is 7.22. The third kappa shape index (κ3) is 2.93. The van der Waals surface area contributed by atoms with Crippen molar-refractivity contribution in [2.24, 2.45) is 0 Å². The quantitative estimate of drug-likeness (QED) is 0.802. The topological polar surface area (TPSA) is 15.3 Å². The minimum atomic E-state index is -0.139. The van der Waals surface area contributed by atoms with Crippen molar-refractivity contribution in [2.45, 2.75) is 20.4 Å². The molecule has 0 saturated carbocycles. The van der Waals surface area contributed by atoms with Crippen LogP contribution < -0.4 is 10.2 Å². The van der Waals surface area contributed by atoms with E-state index in [2.05, 4.69) is 24.1 Å². The lowest BCUT2D eigenvalue weighted by Crippen LogP contribution is -2.22. The van der Waals surface area contributed by atoms with Gasteiger partial charge in [0.25, 0.3) is 0 Å². The molecule has 1 aromatic carbocycles. The predicted molar refractivity (Wildman–Crippen MR) is 62.7 cm³/mol. The molecular weight excluding hydrogens is 191 g/mol. The van der Waals surface area contributed by atoms with Crippen LogP contribution in [0.25, 0.3) is 0 Å². The van der Waals surface area contributed by atoms with Crippen molar-refractivity contribution in [2.75, 3.05) is 25.0 Å². The summed E-state index contributed by atoms with van der Waals surface area (Å²) >= 11 is 0. The first-order valence-electron chi connectivity index (χ1n) is 5.40. The van der Waals surface area contributed by atoms with Crippen LogP contribution in [0.4, 0.5) is 10.1 Å². The molecule has 0 atom stereocenters. The van der Waals surface area contributed by atoms with Gasteiger partial charge in [0.15, 0.2) is 0 Å². The zero-order chi connectivity index (χ0) is 11.3. The minimum absolute atomic E-state index is 0.139. The molecule has 0 spiro atoms. The highest BCUT2D eigenvalue weighted by molar-refractivity contribution is 5.48. The van der Waals surface area contributed by atoms with Crippen molar-refractivity contribution in [3.63, 3.8) is 0 Å². The van der Waals surface area contributed by atoms with E-state index < -0.39 is 0 Å². The molecule has 1 rings (SSSR count). The molecule has 0 aromatic heterocycles. The molecule has 0 saturated heterocycles. The van der Waals surface area contributed by atoms with Crippen molar-refractivity contribution in [3.05, 3.63) is 29.6 Å². The summed E-state index contributed by atoms with van der Waals surface area (Å²) in [6.07, 6.45) is 0.